The molecule has 238 valence electrons. The van der Waals surface area contributed by atoms with Gasteiger partial charge < -0.3 is 13.6 Å². The van der Waals surface area contributed by atoms with Crippen LogP contribution in [0.25, 0.3) is 99.2 Å². The first-order valence-electron chi connectivity index (χ1n) is 22.9. The number of para-hydroxylation sites is 3. The van der Waals surface area contributed by atoms with Gasteiger partial charge in [-0.3, -0.25) is 0 Å². The molecule has 0 N–H and O–H groups in total. The molecule has 0 radical (unpaired) electrons. The van der Waals surface area contributed by atoms with Gasteiger partial charge in [-0.1, -0.05) is 115 Å². The standard InChI is InChI=1S/C48H30N2O/c1-2-12-31(13-3-1)32-14-10-15-33(28-32)34-24-27-46-40(29-34)48-45(22-11-23-47(48)51-46)50-43-21-9-6-18-38(43)39-30-35(25-26-44(39)50)49-41-19-7-4-16-36(41)37-17-5-8-20-42(37)49/h1-30H/i1D,2D,3D,4D,7D,10D,12D,13D,14D,15D,16D,19D,28D. The van der Waals surface area contributed by atoms with Crippen LogP contribution in [0.15, 0.2) is 186 Å². The van der Waals surface area contributed by atoms with E-state index < -0.39 is 54.4 Å². The maximum Gasteiger partial charge on any atom is 0.137 e. The third kappa shape index (κ3) is 4.19. The van der Waals surface area contributed by atoms with Gasteiger partial charge in [0.25, 0.3) is 0 Å². The summed E-state index contributed by atoms with van der Waals surface area (Å²) in [5.74, 6) is 0. The molecule has 3 heteroatoms. The van der Waals surface area contributed by atoms with E-state index in [4.69, 9.17) is 20.9 Å². The lowest BCUT2D eigenvalue weighted by molar-refractivity contribution is 0.669. The van der Waals surface area contributed by atoms with Crippen molar-refractivity contribution in [3.8, 4) is 33.6 Å². The molecule has 0 atom stereocenters. The van der Waals surface area contributed by atoms with Crippen LogP contribution in [0.2, 0.25) is 0 Å². The second-order valence-electron chi connectivity index (χ2n) is 12.3. The van der Waals surface area contributed by atoms with Gasteiger partial charge in [-0.15, -0.1) is 0 Å². The molecule has 0 spiro atoms. The van der Waals surface area contributed by atoms with Crippen LogP contribution in [-0.4, -0.2) is 9.13 Å². The normalized spacial score (nSPS) is 15.5. The largest absolute Gasteiger partial charge is 0.456 e. The van der Waals surface area contributed by atoms with Crippen LogP contribution in [0, 0.1) is 0 Å². The smallest absolute Gasteiger partial charge is 0.137 e. The number of benzene rings is 8. The molecular weight excluding hydrogens is 621 g/mol. The predicted octanol–water partition coefficient (Wildman–Crippen LogP) is 13.1. The summed E-state index contributed by atoms with van der Waals surface area (Å²) in [6.07, 6.45) is 0. The lowest BCUT2D eigenvalue weighted by Crippen LogP contribution is -1.96. The minimum atomic E-state index is -0.638. The minimum absolute atomic E-state index is 0.0455. The summed E-state index contributed by atoms with van der Waals surface area (Å²) in [6.45, 7) is 0. The fraction of sp³-hybridized carbons (Fsp3) is 0. The van der Waals surface area contributed by atoms with Crippen LogP contribution in [0.3, 0.4) is 0 Å². The summed E-state index contributed by atoms with van der Waals surface area (Å²) < 4.78 is 123. The Balaban J connectivity index is 1.15. The van der Waals surface area contributed by atoms with Gasteiger partial charge in [0, 0.05) is 32.6 Å². The van der Waals surface area contributed by atoms with Gasteiger partial charge >= 0.3 is 0 Å². The average Bonchev–Trinajstić information content (AvgIpc) is 3.97. The molecule has 3 aromatic heterocycles. The molecule has 0 bridgehead atoms. The number of aromatic nitrogens is 2. The maximum atomic E-state index is 9.33. The Morgan fingerprint density at radius 2 is 1.12 bits per heavy atom. The Bertz CT molecular complexity index is 3870. The zero-order chi connectivity index (χ0) is 44.8. The summed E-state index contributed by atoms with van der Waals surface area (Å²) in [4.78, 5) is 0. The second-order valence-corrected chi connectivity index (χ2v) is 12.3. The van der Waals surface area contributed by atoms with Crippen molar-refractivity contribution in [1.29, 1.82) is 0 Å². The molecule has 0 unspecified atom stereocenters. The van der Waals surface area contributed by atoms with E-state index in [0.717, 1.165) is 33.0 Å². The highest BCUT2D eigenvalue weighted by molar-refractivity contribution is 6.16. The molecule has 0 amide bonds. The van der Waals surface area contributed by atoms with Crippen LogP contribution < -0.4 is 0 Å². The number of hydrogen-bond acceptors (Lipinski definition) is 1. The van der Waals surface area contributed by atoms with Crippen LogP contribution in [0.1, 0.15) is 17.8 Å². The Hall–Kier alpha value is -6.84. The first-order valence-corrected chi connectivity index (χ1v) is 16.4. The summed E-state index contributed by atoms with van der Waals surface area (Å²) in [5, 5.41) is 4.27. The van der Waals surface area contributed by atoms with E-state index in [9.17, 15) is 1.37 Å². The third-order valence-corrected chi connectivity index (χ3v) is 9.60. The van der Waals surface area contributed by atoms with E-state index >= 15 is 0 Å². The van der Waals surface area contributed by atoms with Gasteiger partial charge in [0.1, 0.15) is 11.2 Å². The highest BCUT2D eigenvalue weighted by Crippen LogP contribution is 2.41. The molecule has 11 rings (SSSR count). The van der Waals surface area contributed by atoms with Gasteiger partial charge in [0.2, 0.25) is 0 Å². The molecule has 11 aromatic rings. The average molecular weight is 664 g/mol. The Morgan fingerprint density at radius 1 is 0.412 bits per heavy atom. The molecule has 0 aliphatic heterocycles. The molecule has 8 aromatic carbocycles. The summed E-state index contributed by atoms with van der Waals surface area (Å²) in [6, 6.07) is 26.2. The van der Waals surface area contributed by atoms with E-state index in [-0.39, 0.29) is 40.9 Å². The van der Waals surface area contributed by atoms with Crippen molar-refractivity contribution in [2.45, 2.75) is 0 Å². The molecule has 0 saturated carbocycles. The summed E-state index contributed by atoms with van der Waals surface area (Å²) >= 11 is 0. The number of fused-ring (bicyclic) bond motifs is 9. The van der Waals surface area contributed by atoms with Crippen LogP contribution >= 0.6 is 0 Å². The van der Waals surface area contributed by atoms with Crippen molar-refractivity contribution in [2.24, 2.45) is 0 Å². The number of rotatable bonds is 4. The highest BCUT2D eigenvalue weighted by atomic mass is 16.3. The zero-order valence-electron chi connectivity index (χ0n) is 39.6. The molecule has 0 fully saturated rings. The molecular formula is C48H30N2O. The van der Waals surface area contributed by atoms with Crippen molar-refractivity contribution < 1.29 is 22.2 Å². The lowest BCUT2D eigenvalue weighted by Gasteiger charge is -2.11. The predicted molar refractivity (Wildman–Crippen MR) is 213 cm³/mol. The monoisotopic (exact) mass is 663 g/mol. The third-order valence-electron chi connectivity index (χ3n) is 9.60. The maximum absolute atomic E-state index is 9.33. The minimum Gasteiger partial charge on any atom is -0.456 e. The lowest BCUT2D eigenvalue weighted by atomic mass is 9.98. The first-order chi connectivity index (χ1) is 30.7. The van der Waals surface area contributed by atoms with E-state index in [1.807, 2.05) is 89.5 Å². The Kier molecular flexibility index (Phi) is 3.87. The summed E-state index contributed by atoms with van der Waals surface area (Å²) in [7, 11) is 0. The molecule has 3 heterocycles. The number of hydrogen-bond donors (Lipinski definition) is 0. The molecule has 0 saturated heterocycles. The van der Waals surface area contributed by atoms with Crippen molar-refractivity contribution in [3.63, 3.8) is 0 Å². The molecule has 0 aliphatic rings. The first kappa shape index (κ1) is 18.2. The van der Waals surface area contributed by atoms with E-state index in [2.05, 4.69) is 4.57 Å². The van der Waals surface area contributed by atoms with E-state index in [0.29, 0.717) is 49.5 Å². The second kappa shape index (κ2) is 10.8. The number of nitrogens with zero attached hydrogens (tertiary/aromatic N) is 2. The fourth-order valence-electron chi connectivity index (χ4n) is 7.43. The number of furan rings is 1. The quantitative estimate of drug-likeness (QED) is 0.184. The molecule has 3 nitrogen and oxygen atoms in total. The van der Waals surface area contributed by atoms with Gasteiger partial charge in [-0.05, 0) is 88.9 Å². The van der Waals surface area contributed by atoms with E-state index in [1.54, 1.807) is 18.2 Å². The molecule has 0 aliphatic carbocycles. The van der Waals surface area contributed by atoms with Crippen LogP contribution in [-0.2, 0) is 0 Å². The summed E-state index contributed by atoms with van der Waals surface area (Å²) in [5.41, 5.74) is 4.88. The van der Waals surface area contributed by atoms with Gasteiger partial charge in [0.05, 0.1) is 51.0 Å². The van der Waals surface area contributed by atoms with Crippen molar-refractivity contribution in [1.82, 2.24) is 9.13 Å². The van der Waals surface area contributed by atoms with Gasteiger partial charge in [0.15, 0.2) is 0 Å². The topological polar surface area (TPSA) is 23.0 Å². The van der Waals surface area contributed by atoms with Crippen molar-refractivity contribution in [3.05, 3.63) is 182 Å². The van der Waals surface area contributed by atoms with Gasteiger partial charge in [-0.25, -0.2) is 0 Å². The Labute approximate surface area is 312 Å². The van der Waals surface area contributed by atoms with Crippen molar-refractivity contribution >= 4 is 65.6 Å². The van der Waals surface area contributed by atoms with E-state index in [1.165, 1.54) is 0 Å². The fourth-order valence-corrected chi connectivity index (χ4v) is 7.43. The van der Waals surface area contributed by atoms with Crippen LogP contribution in [0.4, 0.5) is 0 Å². The Morgan fingerprint density at radius 3 is 1.98 bits per heavy atom. The zero-order valence-corrected chi connectivity index (χ0v) is 26.6. The van der Waals surface area contributed by atoms with Gasteiger partial charge in [-0.2, -0.15) is 0 Å². The molecule has 51 heavy (non-hydrogen) atoms. The SMILES string of the molecule is [2H]c1c([2H])c([2H])c(-c2c([2H])c([2H])c([2H])c(-c3ccc4oc5cccc(-n6c7ccccc7c7cc(-n8c9ccccc9c9c([2H])c([2H])c([2H])c([2H])c98)ccc76)c5c4c3)c2[2H])c([2H])c1[2H]. The highest BCUT2D eigenvalue weighted by Gasteiger charge is 2.20. The van der Waals surface area contributed by atoms with Crippen molar-refractivity contribution in [2.75, 3.05) is 0 Å². The van der Waals surface area contributed by atoms with Crippen LogP contribution in [0.5, 0.6) is 0 Å².